The summed E-state index contributed by atoms with van der Waals surface area (Å²) in [6, 6.07) is 7.87. The standard InChI is InChI=1S/C18H22N2O2.CH4O/c1-18(2,3)22-17(21)14-8-9-19-16-7-6-13(12-15(14)16)20-10-4-5-11-20;1-2/h6-9,12H,4-5,10-11H2,1-3H3;2H,1H3. The van der Waals surface area contributed by atoms with Gasteiger partial charge in [-0.2, -0.15) is 0 Å². The molecule has 1 aromatic heterocycles. The van der Waals surface area contributed by atoms with E-state index in [-0.39, 0.29) is 5.97 Å². The summed E-state index contributed by atoms with van der Waals surface area (Å²) in [7, 11) is 1.00. The van der Waals surface area contributed by atoms with Gasteiger partial charge >= 0.3 is 5.97 Å². The van der Waals surface area contributed by atoms with Gasteiger partial charge in [-0.05, 0) is 57.9 Å². The van der Waals surface area contributed by atoms with Crippen molar-refractivity contribution in [1.82, 2.24) is 4.98 Å². The lowest BCUT2D eigenvalue weighted by Crippen LogP contribution is -2.24. The fraction of sp³-hybridized carbons (Fsp3) is 0.474. The average Bonchev–Trinajstić information content (AvgIpc) is 3.08. The summed E-state index contributed by atoms with van der Waals surface area (Å²) >= 11 is 0. The van der Waals surface area contributed by atoms with E-state index >= 15 is 0 Å². The van der Waals surface area contributed by atoms with Gasteiger partial charge in [0.05, 0.1) is 11.1 Å². The van der Waals surface area contributed by atoms with Gasteiger partial charge in [0.2, 0.25) is 0 Å². The van der Waals surface area contributed by atoms with Gasteiger partial charge in [0.25, 0.3) is 0 Å². The Morgan fingerprint density at radius 2 is 1.83 bits per heavy atom. The maximum Gasteiger partial charge on any atom is 0.339 e. The van der Waals surface area contributed by atoms with Gasteiger partial charge in [0, 0.05) is 37.5 Å². The van der Waals surface area contributed by atoms with Crippen LogP contribution in [0.3, 0.4) is 0 Å². The van der Waals surface area contributed by atoms with E-state index in [4.69, 9.17) is 9.84 Å². The summed E-state index contributed by atoms with van der Waals surface area (Å²) in [5, 5.41) is 7.86. The number of pyridine rings is 1. The maximum absolute atomic E-state index is 12.4. The molecule has 1 fully saturated rings. The third kappa shape index (κ3) is 4.23. The fourth-order valence-electron chi connectivity index (χ4n) is 2.82. The Kier molecular flexibility index (Phi) is 5.78. The third-order valence-corrected chi connectivity index (χ3v) is 3.82. The van der Waals surface area contributed by atoms with Gasteiger partial charge in [-0.15, -0.1) is 0 Å². The number of rotatable bonds is 2. The molecule has 2 heterocycles. The predicted molar refractivity (Wildman–Crippen MR) is 96.5 cm³/mol. The zero-order valence-corrected chi connectivity index (χ0v) is 14.9. The molecule has 1 aromatic carbocycles. The number of hydrogen-bond donors (Lipinski definition) is 1. The average molecular weight is 330 g/mol. The number of carbonyl (C=O) groups is 1. The van der Waals surface area contributed by atoms with E-state index in [1.807, 2.05) is 26.8 Å². The van der Waals surface area contributed by atoms with Crippen LogP contribution >= 0.6 is 0 Å². The molecule has 24 heavy (non-hydrogen) atoms. The van der Waals surface area contributed by atoms with Gasteiger partial charge in [-0.3, -0.25) is 4.98 Å². The summed E-state index contributed by atoms with van der Waals surface area (Å²) in [5.74, 6) is -0.293. The Balaban J connectivity index is 0.00000100. The molecule has 0 amide bonds. The minimum absolute atomic E-state index is 0.293. The Bertz CT molecular complexity index is 701. The molecule has 1 aliphatic rings. The fourth-order valence-corrected chi connectivity index (χ4v) is 2.82. The first-order chi connectivity index (χ1) is 11.4. The summed E-state index contributed by atoms with van der Waals surface area (Å²) in [6.45, 7) is 7.79. The molecule has 0 saturated carbocycles. The van der Waals surface area contributed by atoms with Crippen LogP contribution in [0, 0.1) is 0 Å². The van der Waals surface area contributed by atoms with Crippen molar-refractivity contribution in [2.75, 3.05) is 25.1 Å². The number of ether oxygens (including phenoxy) is 1. The van der Waals surface area contributed by atoms with E-state index in [0.29, 0.717) is 5.56 Å². The number of hydrogen-bond acceptors (Lipinski definition) is 5. The first-order valence-corrected chi connectivity index (χ1v) is 8.26. The van der Waals surface area contributed by atoms with E-state index < -0.39 is 5.60 Å². The molecule has 5 heteroatoms. The van der Waals surface area contributed by atoms with Gasteiger partial charge in [0.15, 0.2) is 0 Å². The molecular weight excluding hydrogens is 304 g/mol. The van der Waals surface area contributed by atoms with Gasteiger partial charge in [-0.1, -0.05) is 0 Å². The lowest BCUT2D eigenvalue weighted by Gasteiger charge is -2.21. The SMILES string of the molecule is CC(C)(C)OC(=O)c1ccnc2ccc(N3CCCC3)cc12.CO. The Morgan fingerprint density at radius 3 is 2.46 bits per heavy atom. The van der Waals surface area contributed by atoms with Crippen LogP contribution in [-0.2, 0) is 4.74 Å². The van der Waals surface area contributed by atoms with E-state index in [9.17, 15) is 4.79 Å². The van der Waals surface area contributed by atoms with Gasteiger partial charge in [-0.25, -0.2) is 4.79 Å². The highest BCUT2D eigenvalue weighted by Crippen LogP contribution is 2.27. The zero-order chi connectivity index (χ0) is 17.7. The zero-order valence-electron chi connectivity index (χ0n) is 14.9. The number of nitrogens with zero attached hydrogens (tertiary/aromatic N) is 2. The van der Waals surface area contributed by atoms with Crippen LogP contribution in [-0.4, -0.2) is 41.9 Å². The Morgan fingerprint density at radius 1 is 1.17 bits per heavy atom. The van der Waals surface area contributed by atoms with E-state index in [1.165, 1.54) is 12.8 Å². The molecule has 3 rings (SSSR count). The number of carbonyl (C=O) groups excluding carboxylic acids is 1. The molecule has 0 radical (unpaired) electrons. The van der Waals surface area contributed by atoms with Crippen LogP contribution in [0.25, 0.3) is 10.9 Å². The molecule has 2 aromatic rings. The van der Waals surface area contributed by atoms with Crippen LogP contribution in [0.15, 0.2) is 30.5 Å². The smallest absolute Gasteiger partial charge is 0.339 e. The number of anilines is 1. The monoisotopic (exact) mass is 330 g/mol. The number of esters is 1. The number of aliphatic hydroxyl groups is 1. The van der Waals surface area contributed by atoms with Crippen LogP contribution in [0.4, 0.5) is 5.69 Å². The molecule has 130 valence electrons. The molecular formula is C19H26N2O3. The lowest BCUT2D eigenvalue weighted by atomic mass is 10.1. The Hall–Kier alpha value is -2.14. The molecule has 0 atom stereocenters. The predicted octanol–water partition coefficient (Wildman–Crippen LogP) is 3.40. The topological polar surface area (TPSA) is 62.7 Å². The highest BCUT2D eigenvalue weighted by molar-refractivity contribution is 6.04. The van der Waals surface area contributed by atoms with Crippen molar-refractivity contribution in [3.05, 3.63) is 36.0 Å². The molecule has 0 unspecified atom stereocenters. The minimum Gasteiger partial charge on any atom is -0.456 e. The molecule has 1 aliphatic heterocycles. The first kappa shape index (κ1) is 18.2. The second kappa shape index (κ2) is 7.62. The molecule has 0 aliphatic carbocycles. The third-order valence-electron chi connectivity index (χ3n) is 3.82. The van der Waals surface area contributed by atoms with Crippen LogP contribution in [0.5, 0.6) is 0 Å². The van der Waals surface area contributed by atoms with Crippen molar-refractivity contribution < 1.29 is 14.6 Å². The maximum atomic E-state index is 12.4. The van der Waals surface area contributed by atoms with Crippen molar-refractivity contribution >= 4 is 22.6 Å². The van der Waals surface area contributed by atoms with Gasteiger partial charge in [0.1, 0.15) is 5.60 Å². The van der Waals surface area contributed by atoms with Crippen molar-refractivity contribution in [2.45, 2.75) is 39.2 Å². The van der Waals surface area contributed by atoms with E-state index in [0.717, 1.165) is 36.8 Å². The molecule has 0 bridgehead atoms. The second-order valence-electron chi connectivity index (χ2n) is 6.76. The number of benzene rings is 1. The summed E-state index contributed by atoms with van der Waals surface area (Å²) < 4.78 is 5.52. The second-order valence-corrected chi connectivity index (χ2v) is 6.76. The van der Waals surface area contributed by atoms with Crippen molar-refractivity contribution in [3.63, 3.8) is 0 Å². The summed E-state index contributed by atoms with van der Waals surface area (Å²) in [4.78, 5) is 19.2. The van der Waals surface area contributed by atoms with Gasteiger partial charge < -0.3 is 14.7 Å². The largest absolute Gasteiger partial charge is 0.456 e. The van der Waals surface area contributed by atoms with Crippen molar-refractivity contribution in [1.29, 1.82) is 0 Å². The van der Waals surface area contributed by atoms with Crippen molar-refractivity contribution in [3.8, 4) is 0 Å². The van der Waals surface area contributed by atoms with E-state index in [1.54, 1.807) is 12.3 Å². The molecule has 1 N–H and O–H groups in total. The van der Waals surface area contributed by atoms with Crippen LogP contribution in [0.2, 0.25) is 0 Å². The molecule has 1 saturated heterocycles. The Labute approximate surface area is 143 Å². The molecule has 5 nitrogen and oxygen atoms in total. The number of aromatic nitrogens is 1. The first-order valence-electron chi connectivity index (χ1n) is 8.26. The quantitative estimate of drug-likeness (QED) is 0.855. The number of fused-ring (bicyclic) bond motifs is 1. The summed E-state index contributed by atoms with van der Waals surface area (Å²) in [6.07, 6.45) is 4.12. The van der Waals surface area contributed by atoms with Crippen LogP contribution in [0.1, 0.15) is 44.0 Å². The highest BCUT2D eigenvalue weighted by atomic mass is 16.6. The number of aliphatic hydroxyl groups excluding tert-OH is 1. The van der Waals surface area contributed by atoms with Crippen LogP contribution < -0.4 is 4.90 Å². The lowest BCUT2D eigenvalue weighted by molar-refractivity contribution is 0.00718. The van der Waals surface area contributed by atoms with E-state index in [2.05, 4.69) is 22.0 Å². The summed E-state index contributed by atoms with van der Waals surface area (Å²) in [5.41, 5.74) is 2.06. The molecule has 0 spiro atoms. The normalized spacial score (nSPS) is 14.3. The highest BCUT2D eigenvalue weighted by Gasteiger charge is 2.21. The minimum atomic E-state index is -0.501. The van der Waals surface area contributed by atoms with Crippen molar-refractivity contribution in [2.24, 2.45) is 0 Å².